The molecule has 5 heteroatoms. The first kappa shape index (κ1) is 14.3. The molecule has 0 radical (unpaired) electrons. The number of rotatable bonds is 5. The monoisotopic (exact) mass is 296 g/mol. The number of nitrogens with two attached hydrogens (primary N) is 1. The van der Waals surface area contributed by atoms with Gasteiger partial charge in [-0.3, -0.25) is 11.3 Å². The third kappa shape index (κ3) is 3.48. The van der Waals surface area contributed by atoms with E-state index in [2.05, 4.69) is 11.5 Å². The van der Waals surface area contributed by atoms with E-state index in [1.807, 2.05) is 31.2 Å². The summed E-state index contributed by atoms with van der Waals surface area (Å²) in [6.07, 6.45) is 0.819. The zero-order valence-corrected chi connectivity index (χ0v) is 12.5. The summed E-state index contributed by atoms with van der Waals surface area (Å²) < 4.78 is 6.07. The van der Waals surface area contributed by atoms with E-state index in [-0.39, 0.29) is 6.04 Å². The van der Waals surface area contributed by atoms with Gasteiger partial charge in [0.25, 0.3) is 0 Å². The van der Waals surface area contributed by atoms with Crippen molar-refractivity contribution in [3.63, 3.8) is 0 Å². The minimum absolute atomic E-state index is 0.0688. The number of hydrogen-bond acceptors (Lipinski definition) is 4. The smallest absolute Gasteiger partial charge is 0.121 e. The first-order valence-corrected chi connectivity index (χ1v) is 7.18. The minimum atomic E-state index is 0.0688. The fourth-order valence-corrected chi connectivity index (χ4v) is 3.19. The highest BCUT2D eigenvalue weighted by molar-refractivity contribution is 7.16. The van der Waals surface area contributed by atoms with Crippen LogP contribution in [0.15, 0.2) is 30.3 Å². The molecule has 19 heavy (non-hydrogen) atoms. The number of thiophene rings is 1. The highest BCUT2D eigenvalue weighted by Gasteiger charge is 2.13. The van der Waals surface area contributed by atoms with Gasteiger partial charge < -0.3 is 4.74 Å². The molecule has 1 aromatic heterocycles. The summed E-state index contributed by atoms with van der Waals surface area (Å²) in [5.74, 6) is 6.56. The lowest BCUT2D eigenvalue weighted by Crippen LogP contribution is -2.29. The van der Waals surface area contributed by atoms with E-state index >= 15 is 0 Å². The number of hydrazine groups is 1. The molecule has 0 aliphatic rings. The quantitative estimate of drug-likeness (QED) is 0.656. The maximum absolute atomic E-state index is 5.95. The molecule has 2 aromatic rings. The molecule has 3 N–H and O–H groups in total. The molecule has 1 heterocycles. The largest absolute Gasteiger partial charge is 0.496 e. The van der Waals surface area contributed by atoms with Crippen LogP contribution in [0.25, 0.3) is 0 Å². The maximum atomic E-state index is 5.95. The van der Waals surface area contributed by atoms with Crippen molar-refractivity contribution in [2.75, 3.05) is 7.11 Å². The van der Waals surface area contributed by atoms with Gasteiger partial charge in [0.2, 0.25) is 0 Å². The van der Waals surface area contributed by atoms with Gasteiger partial charge in [0.05, 0.1) is 17.5 Å². The van der Waals surface area contributed by atoms with Crippen LogP contribution in [0.3, 0.4) is 0 Å². The molecule has 0 saturated carbocycles. The molecule has 3 nitrogen and oxygen atoms in total. The summed E-state index contributed by atoms with van der Waals surface area (Å²) >= 11 is 7.53. The number of ether oxygens (including phenoxy) is 1. The predicted molar refractivity (Wildman–Crippen MR) is 80.8 cm³/mol. The van der Waals surface area contributed by atoms with E-state index in [9.17, 15) is 0 Å². The molecule has 0 fully saturated rings. The van der Waals surface area contributed by atoms with Crippen LogP contribution in [0, 0.1) is 6.92 Å². The molecule has 1 aromatic carbocycles. The third-order valence-corrected chi connectivity index (χ3v) is 4.31. The van der Waals surface area contributed by atoms with Crippen LogP contribution < -0.4 is 16.0 Å². The van der Waals surface area contributed by atoms with Crippen molar-refractivity contribution < 1.29 is 4.74 Å². The molecule has 2 rings (SSSR count). The van der Waals surface area contributed by atoms with Crippen molar-refractivity contribution in [3.8, 4) is 5.75 Å². The summed E-state index contributed by atoms with van der Waals surface area (Å²) in [7, 11) is 1.67. The molecular weight excluding hydrogens is 280 g/mol. The Hall–Kier alpha value is -1.07. The molecule has 0 amide bonds. The fourth-order valence-electron chi connectivity index (χ4n) is 2.05. The predicted octanol–water partition coefficient (Wildman–Crippen LogP) is 3.47. The summed E-state index contributed by atoms with van der Waals surface area (Å²) in [6.45, 7) is 2.03. The zero-order chi connectivity index (χ0) is 13.8. The maximum Gasteiger partial charge on any atom is 0.121 e. The van der Waals surface area contributed by atoms with Crippen LogP contribution in [-0.2, 0) is 6.42 Å². The van der Waals surface area contributed by atoms with Gasteiger partial charge in [-0.1, -0.05) is 23.7 Å². The number of hydrogen-bond donors (Lipinski definition) is 2. The number of benzene rings is 1. The average molecular weight is 297 g/mol. The van der Waals surface area contributed by atoms with Gasteiger partial charge in [0, 0.05) is 11.3 Å². The summed E-state index contributed by atoms with van der Waals surface area (Å²) in [5.41, 5.74) is 5.11. The highest BCUT2D eigenvalue weighted by Crippen LogP contribution is 2.28. The Morgan fingerprint density at radius 3 is 2.68 bits per heavy atom. The third-order valence-electron chi connectivity index (χ3n) is 3.06. The first-order valence-electron chi connectivity index (χ1n) is 5.99. The SMILES string of the molecule is COc1ccc(C(Cc2ccc(Cl)s2)NN)cc1C. The molecule has 0 aliphatic heterocycles. The lowest BCUT2D eigenvalue weighted by Gasteiger charge is -2.17. The highest BCUT2D eigenvalue weighted by atomic mass is 35.5. The Labute approximate surface area is 122 Å². The van der Waals surface area contributed by atoms with Crippen LogP contribution >= 0.6 is 22.9 Å². The Kier molecular flexibility index (Phi) is 4.82. The van der Waals surface area contributed by atoms with E-state index in [0.29, 0.717) is 0 Å². The molecule has 0 saturated heterocycles. The minimum Gasteiger partial charge on any atom is -0.496 e. The summed E-state index contributed by atoms with van der Waals surface area (Å²) in [6, 6.07) is 10.1. The topological polar surface area (TPSA) is 47.3 Å². The number of aryl methyl sites for hydroxylation is 1. The molecule has 102 valence electrons. The molecule has 1 unspecified atom stereocenters. The zero-order valence-electron chi connectivity index (χ0n) is 10.9. The second-order valence-corrected chi connectivity index (χ2v) is 6.16. The van der Waals surface area contributed by atoms with Crippen molar-refractivity contribution in [1.82, 2.24) is 5.43 Å². The van der Waals surface area contributed by atoms with Crippen LogP contribution in [0.1, 0.15) is 22.0 Å². The van der Waals surface area contributed by atoms with Crippen LogP contribution in [-0.4, -0.2) is 7.11 Å². The Bertz CT molecular complexity index is 556. The molecule has 1 atom stereocenters. The average Bonchev–Trinajstić information content (AvgIpc) is 2.81. The van der Waals surface area contributed by atoms with E-state index in [0.717, 1.165) is 27.6 Å². The first-order chi connectivity index (χ1) is 9.13. The van der Waals surface area contributed by atoms with E-state index in [1.165, 1.54) is 4.88 Å². The van der Waals surface area contributed by atoms with Gasteiger partial charge in [0.15, 0.2) is 0 Å². The normalized spacial score (nSPS) is 12.4. The van der Waals surface area contributed by atoms with Gasteiger partial charge in [-0.25, -0.2) is 0 Å². The lowest BCUT2D eigenvalue weighted by atomic mass is 10.0. The van der Waals surface area contributed by atoms with E-state index in [4.69, 9.17) is 22.2 Å². The number of nitrogens with one attached hydrogen (secondary N) is 1. The van der Waals surface area contributed by atoms with E-state index < -0.39 is 0 Å². The lowest BCUT2D eigenvalue weighted by molar-refractivity contribution is 0.411. The molecule has 0 aliphatic carbocycles. The second-order valence-electron chi connectivity index (χ2n) is 4.36. The van der Waals surface area contributed by atoms with Gasteiger partial charge in [0.1, 0.15) is 5.75 Å². The van der Waals surface area contributed by atoms with Crippen LogP contribution in [0.5, 0.6) is 5.75 Å². The standard InChI is InChI=1S/C14H17ClN2OS/c1-9-7-10(3-5-13(9)18-2)12(17-16)8-11-4-6-14(15)19-11/h3-7,12,17H,8,16H2,1-2H3. The van der Waals surface area contributed by atoms with Gasteiger partial charge in [-0.15, -0.1) is 11.3 Å². The molecular formula is C14H17ClN2OS. The Morgan fingerprint density at radius 2 is 2.16 bits per heavy atom. The summed E-state index contributed by atoms with van der Waals surface area (Å²) in [4.78, 5) is 1.21. The van der Waals surface area contributed by atoms with Gasteiger partial charge in [-0.2, -0.15) is 0 Å². The van der Waals surface area contributed by atoms with Crippen molar-refractivity contribution in [1.29, 1.82) is 0 Å². The Morgan fingerprint density at radius 1 is 1.37 bits per heavy atom. The van der Waals surface area contributed by atoms with Gasteiger partial charge >= 0.3 is 0 Å². The van der Waals surface area contributed by atoms with Crippen LogP contribution in [0.2, 0.25) is 4.34 Å². The molecule has 0 spiro atoms. The fraction of sp³-hybridized carbons (Fsp3) is 0.286. The van der Waals surface area contributed by atoms with Gasteiger partial charge in [-0.05, 0) is 36.2 Å². The van der Waals surface area contributed by atoms with Crippen molar-refractivity contribution in [2.45, 2.75) is 19.4 Å². The van der Waals surface area contributed by atoms with Crippen molar-refractivity contribution in [3.05, 3.63) is 50.7 Å². The van der Waals surface area contributed by atoms with Crippen molar-refractivity contribution in [2.24, 2.45) is 5.84 Å². The number of methoxy groups -OCH3 is 1. The summed E-state index contributed by atoms with van der Waals surface area (Å²) in [5, 5.41) is 0. The Balaban J connectivity index is 2.19. The van der Waals surface area contributed by atoms with Crippen molar-refractivity contribution >= 4 is 22.9 Å². The van der Waals surface area contributed by atoms with E-state index in [1.54, 1.807) is 18.4 Å². The van der Waals surface area contributed by atoms with Crippen LogP contribution in [0.4, 0.5) is 0 Å². The second kappa shape index (κ2) is 6.39. The molecule has 0 bridgehead atoms. The number of halogens is 1.